The number of nitrogens with zero attached hydrogens (tertiary/aromatic N) is 3. The molecule has 2 N–H and O–H groups in total. The van der Waals surface area contributed by atoms with Gasteiger partial charge in [-0.1, -0.05) is 44.0 Å². The summed E-state index contributed by atoms with van der Waals surface area (Å²) in [6.07, 6.45) is 7.35. The monoisotopic (exact) mass is 415 g/mol. The molecule has 1 heterocycles. The van der Waals surface area contributed by atoms with Gasteiger partial charge in [-0.15, -0.1) is 0 Å². The molecule has 0 saturated carbocycles. The van der Waals surface area contributed by atoms with Crippen molar-refractivity contribution in [3.63, 3.8) is 0 Å². The van der Waals surface area contributed by atoms with Gasteiger partial charge in [0.15, 0.2) is 0 Å². The van der Waals surface area contributed by atoms with Crippen LogP contribution >= 0.6 is 0 Å². The SMILES string of the molecule is CCCC[C@@H](CNc1cccc(C)c1C)NCc1cncn1Cc1ccc(C#N)cc1. The highest BCUT2D eigenvalue weighted by atomic mass is 15.1. The summed E-state index contributed by atoms with van der Waals surface area (Å²) in [5, 5.41) is 16.4. The molecule has 31 heavy (non-hydrogen) atoms. The number of rotatable bonds is 11. The minimum atomic E-state index is 0.387. The Bertz CT molecular complexity index is 997. The normalized spacial score (nSPS) is 11.8. The van der Waals surface area contributed by atoms with Crippen LogP contribution in [0.25, 0.3) is 0 Å². The first kappa shape index (κ1) is 22.6. The van der Waals surface area contributed by atoms with Crippen LogP contribution < -0.4 is 10.6 Å². The van der Waals surface area contributed by atoms with Crippen molar-refractivity contribution in [2.24, 2.45) is 0 Å². The van der Waals surface area contributed by atoms with E-state index in [2.05, 4.69) is 65.2 Å². The van der Waals surface area contributed by atoms with Gasteiger partial charge in [0.25, 0.3) is 0 Å². The van der Waals surface area contributed by atoms with Gasteiger partial charge in [-0.25, -0.2) is 4.98 Å². The summed E-state index contributed by atoms with van der Waals surface area (Å²) in [4.78, 5) is 4.36. The Kier molecular flexibility index (Phi) is 8.26. The third kappa shape index (κ3) is 6.44. The summed E-state index contributed by atoms with van der Waals surface area (Å²) < 4.78 is 2.17. The van der Waals surface area contributed by atoms with Crippen LogP contribution in [0.5, 0.6) is 0 Å². The van der Waals surface area contributed by atoms with E-state index in [1.807, 2.05) is 36.8 Å². The maximum atomic E-state index is 8.98. The molecule has 0 aliphatic rings. The zero-order valence-electron chi connectivity index (χ0n) is 18.9. The Hall–Kier alpha value is -3.10. The average Bonchev–Trinajstić information content (AvgIpc) is 3.23. The highest BCUT2D eigenvalue weighted by Crippen LogP contribution is 2.18. The number of unbranched alkanes of at least 4 members (excludes halogenated alkanes) is 1. The fraction of sp³-hybridized carbons (Fsp3) is 0.385. The highest BCUT2D eigenvalue weighted by molar-refractivity contribution is 5.53. The third-order valence-corrected chi connectivity index (χ3v) is 5.86. The van der Waals surface area contributed by atoms with E-state index < -0.39 is 0 Å². The van der Waals surface area contributed by atoms with Gasteiger partial charge in [-0.2, -0.15) is 5.26 Å². The third-order valence-electron chi connectivity index (χ3n) is 5.86. The molecular formula is C26H33N5. The molecule has 2 aromatic carbocycles. The lowest BCUT2D eigenvalue weighted by atomic mass is 10.1. The molecule has 3 rings (SSSR count). The van der Waals surface area contributed by atoms with Gasteiger partial charge in [0, 0.05) is 37.6 Å². The van der Waals surface area contributed by atoms with Crippen LogP contribution in [0, 0.1) is 25.2 Å². The van der Waals surface area contributed by atoms with E-state index in [1.165, 1.54) is 29.7 Å². The lowest BCUT2D eigenvalue weighted by Gasteiger charge is -2.21. The summed E-state index contributed by atoms with van der Waals surface area (Å²) in [6.45, 7) is 8.99. The Morgan fingerprint density at radius 2 is 1.94 bits per heavy atom. The van der Waals surface area contributed by atoms with Crippen molar-refractivity contribution in [2.45, 2.75) is 59.2 Å². The number of imidazole rings is 1. The molecule has 0 amide bonds. The first-order valence-corrected chi connectivity index (χ1v) is 11.1. The molecule has 0 aliphatic carbocycles. The Labute approximate surface area is 186 Å². The quantitative estimate of drug-likeness (QED) is 0.453. The van der Waals surface area contributed by atoms with Crippen molar-refractivity contribution in [2.75, 3.05) is 11.9 Å². The molecule has 1 aromatic heterocycles. The van der Waals surface area contributed by atoms with E-state index in [-0.39, 0.29) is 0 Å². The largest absolute Gasteiger partial charge is 0.383 e. The van der Waals surface area contributed by atoms with E-state index in [0.717, 1.165) is 37.3 Å². The zero-order chi connectivity index (χ0) is 22.1. The minimum Gasteiger partial charge on any atom is -0.383 e. The number of hydrogen-bond acceptors (Lipinski definition) is 4. The number of aryl methyl sites for hydroxylation is 1. The van der Waals surface area contributed by atoms with E-state index in [0.29, 0.717) is 11.6 Å². The number of hydrogen-bond donors (Lipinski definition) is 2. The average molecular weight is 416 g/mol. The van der Waals surface area contributed by atoms with Gasteiger partial charge in [-0.05, 0) is 55.2 Å². The Balaban J connectivity index is 1.60. The van der Waals surface area contributed by atoms with Crippen molar-refractivity contribution < 1.29 is 0 Å². The van der Waals surface area contributed by atoms with Gasteiger partial charge >= 0.3 is 0 Å². The van der Waals surface area contributed by atoms with Gasteiger partial charge < -0.3 is 15.2 Å². The summed E-state index contributed by atoms with van der Waals surface area (Å²) in [5.41, 5.74) is 6.86. The van der Waals surface area contributed by atoms with Crippen LogP contribution in [0.3, 0.4) is 0 Å². The summed E-state index contributed by atoms with van der Waals surface area (Å²) >= 11 is 0. The van der Waals surface area contributed by atoms with Gasteiger partial charge in [0.1, 0.15) is 0 Å². The topological polar surface area (TPSA) is 65.7 Å². The number of benzene rings is 2. The summed E-state index contributed by atoms with van der Waals surface area (Å²) in [7, 11) is 0. The number of nitrogens with one attached hydrogen (secondary N) is 2. The van der Waals surface area contributed by atoms with Gasteiger partial charge in [0.05, 0.1) is 23.7 Å². The maximum Gasteiger partial charge on any atom is 0.0991 e. The zero-order valence-corrected chi connectivity index (χ0v) is 18.9. The Morgan fingerprint density at radius 3 is 2.68 bits per heavy atom. The van der Waals surface area contributed by atoms with Crippen LogP contribution in [-0.4, -0.2) is 22.1 Å². The molecule has 1 atom stereocenters. The number of nitriles is 1. The molecule has 0 saturated heterocycles. The molecule has 3 aromatic rings. The van der Waals surface area contributed by atoms with E-state index in [9.17, 15) is 0 Å². The first-order chi connectivity index (χ1) is 15.1. The van der Waals surface area contributed by atoms with Crippen molar-refractivity contribution in [1.82, 2.24) is 14.9 Å². The molecule has 0 unspecified atom stereocenters. The molecule has 0 bridgehead atoms. The molecular weight excluding hydrogens is 382 g/mol. The van der Waals surface area contributed by atoms with Crippen LogP contribution in [0.1, 0.15) is 54.1 Å². The summed E-state index contributed by atoms with van der Waals surface area (Å²) in [6, 6.07) is 16.7. The highest BCUT2D eigenvalue weighted by Gasteiger charge is 2.11. The van der Waals surface area contributed by atoms with Crippen molar-refractivity contribution in [3.05, 3.63) is 82.9 Å². The second-order valence-electron chi connectivity index (χ2n) is 8.17. The lowest BCUT2D eigenvalue weighted by molar-refractivity contribution is 0.471. The number of aromatic nitrogens is 2. The second-order valence-corrected chi connectivity index (χ2v) is 8.17. The smallest absolute Gasteiger partial charge is 0.0991 e. The fourth-order valence-electron chi connectivity index (χ4n) is 3.67. The van der Waals surface area contributed by atoms with E-state index in [1.54, 1.807) is 0 Å². The van der Waals surface area contributed by atoms with Crippen LogP contribution in [0.2, 0.25) is 0 Å². The van der Waals surface area contributed by atoms with E-state index in [4.69, 9.17) is 5.26 Å². The lowest BCUT2D eigenvalue weighted by Crippen LogP contribution is -2.35. The van der Waals surface area contributed by atoms with Crippen molar-refractivity contribution >= 4 is 5.69 Å². The molecule has 0 fully saturated rings. The van der Waals surface area contributed by atoms with Crippen LogP contribution in [0.4, 0.5) is 5.69 Å². The molecule has 0 spiro atoms. The first-order valence-electron chi connectivity index (χ1n) is 11.1. The maximum absolute atomic E-state index is 8.98. The standard InChI is InChI=1S/C26H33N5/c1-4-5-8-24(15-30-26-9-6-7-20(2)21(26)3)29-17-25-16-28-19-31(25)18-23-12-10-22(14-27)11-13-23/h6-7,9-13,16,19,24,29-30H,4-5,8,15,17-18H2,1-3H3/t24-/m0/s1. The molecule has 162 valence electrons. The fourth-order valence-corrected chi connectivity index (χ4v) is 3.67. The van der Waals surface area contributed by atoms with Gasteiger partial charge in [0.2, 0.25) is 0 Å². The molecule has 5 nitrogen and oxygen atoms in total. The predicted octanol–water partition coefficient (Wildman–Crippen LogP) is 5.18. The minimum absolute atomic E-state index is 0.387. The molecule has 5 heteroatoms. The van der Waals surface area contributed by atoms with Crippen molar-refractivity contribution in [1.29, 1.82) is 5.26 Å². The van der Waals surface area contributed by atoms with Gasteiger partial charge in [-0.3, -0.25) is 0 Å². The van der Waals surface area contributed by atoms with E-state index >= 15 is 0 Å². The van der Waals surface area contributed by atoms with Crippen LogP contribution in [-0.2, 0) is 13.1 Å². The second kappa shape index (κ2) is 11.3. The molecule has 0 aliphatic heterocycles. The predicted molar refractivity (Wildman–Crippen MR) is 127 cm³/mol. The Morgan fingerprint density at radius 1 is 1.13 bits per heavy atom. The molecule has 0 radical (unpaired) electrons. The van der Waals surface area contributed by atoms with Crippen molar-refractivity contribution in [3.8, 4) is 6.07 Å². The van der Waals surface area contributed by atoms with Crippen LogP contribution in [0.15, 0.2) is 55.0 Å². The number of anilines is 1. The summed E-state index contributed by atoms with van der Waals surface area (Å²) in [5.74, 6) is 0.